The predicted octanol–water partition coefficient (Wildman–Crippen LogP) is 5.46. The van der Waals surface area contributed by atoms with Gasteiger partial charge in [-0.1, -0.05) is 18.2 Å². The number of halogens is 3. The fourth-order valence-corrected chi connectivity index (χ4v) is 5.72. The summed E-state index contributed by atoms with van der Waals surface area (Å²) in [6, 6.07) is 13.3. The average molecular weight is 528 g/mol. The highest BCUT2D eigenvalue weighted by atomic mass is 35.5. The Balaban J connectivity index is 0.00000320. The molecule has 2 saturated heterocycles. The SMILES string of the molecule is Cc1cc(C)c(C(=O)[C@@H]2CN(c3ccccn3)C[C@H]2c2ccc(F)cc2F)c(N2CCC(O)CC2)c1.Cl. The Hall–Kier alpha value is -3.03. The van der Waals surface area contributed by atoms with Crippen LogP contribution in [0.15, 0.2) is 54.7 Å². The Kier molecular flexibility index (Phi) is 8.14. The Morgan fingerprint density at radius 2 is 1.76 bits per heavy atom. The molecule has 2 fully saturated rings. The monoisotopic (exact) mass is 527 g/mol. The van der Waals surface area contributed by atoms with E-state index in [9.17, 15) is 18.7 Å². The lowest BCUT2D eigenvalue weighted by atomic mass is 9.81. The van der Waals surface area contributed by atoms with E-state index < -0.39 is 23.5 Å². The number of carbonyl (C=O) groups is 1. The van der Waals surface area contributed by atoms with Crippen LogP contribution in [0.2, 0.25) is 0 Å². The molecule has 5 nitrogen and oxygen atoms in total. The van der Waals surface area contributed by atoms with Crippen LogP contribution in [0.5, 0.6) is 0 Å². The molecule has 1 N–H and O–H groups in total. The summed E-state index contributed by atoms with van der Waals surface area (Å²) in [7, 11) is 0. The number of Topliss-reactive ketones (excluding diaryl/α,β-unsaturated/α-hetero) is 1. The molecule has 0 aliphatic carbocycles. The molecule has 0 amide bonds. The van der Waals surface area contributed by atoms with E-state index in [1.165, 1.54) is 12.1 Å². The van der Waals surface area contributed by atoms with Gasteiger partial charge in [-0.3, -0.25) is 4.79 Å². The quantitative estimate of drug-likeness (QED) is 0.446. The molecule has 0 unspecified atom stereocenters. The second kappa shape index (κ2) is 11.2. The van der Waals surface area contributed by atoms with E-state index in [0.717, 1.165) is 28.7 Å². The number of piperidine rings is 1. The van der Waals surface area contributed by atoms with Crippen molar-refractivity contribution in [2.45, 2.75) is 38.7 Å². The number of nitrogens with zero attached hydrogens (tertiary/aromatic N) is 3. The van der Waals surface area contributed by atoms with Gasteiger partial charge in [0.25, 0.3) is 0 Å². The van der Waals surface area contributed by atoms with Crippen LogP contribution >= 0.6 is 12.4 Å². The van der Waals surface area contributed by atoms with Crippen LogP contribution in [0.25, 0.3) is 0 Å². The molecule has 2 aliphatic rings. The summed E-state index contributed by atoms with van der Waals surface area (Å²) in [6.07, 6.45) is 2.69. The molecule has 8 heteroatoms. The fourth-order valence-electron chi connectivity index (χ4n) is 5.72. The number of aromatic nitrogens is 1. The molecule has 3 aromatic rings. The highest BCUT2D eigenvalue weighted by molar-refractivity contribution is 6.05. The summed E-state index contributed by atoms with van der Waals surface area (Å²) >= 11 is 0. The van der Waals surface area contributed by atoms with Crippen molar-refractivity contribution >= 4 is 29.7 Å². The Morgan fingerprint density at radius 1 is 1.00 bits per heavy atom. The maximum Gasteiger partial charge on any atom is 0.170 e. The van der Waals surface area contributed by atoms with E-state index in [4.69, 9.17) is 0 Å². The third-order valence-corrected chi connectivity index (χ3v) is 7.50. The van der Waals surface area contributed by atoms with Crippen molar-refractivity contribution < 1.29 is 18.7 Å². The topological polar surface area (TPSA) is 56.7 Å². The van der Waals surface area contributed by atoms with E-state index >= 15 is 0 Å². The molecule has 5 rings (SSSR count). The maximum absolute atomic E-state index is 15.0. The first-order chi connectivity index (χ1) is 17.3. The number of hydrogen-bond donors (Lipinski definition) is 1. The lowest BCUT2D eigenvalue weighted by Gasteiger charge is -2.34. The molecule has 0 bridgehead atoms. The van der Waals surface area contributed by atoms with Gasteiger partial charge in [-0.05, 0) is 67.6 Å². The van der Waals surface area contributed by atoms with Gasteiger partial charge >= 0.3 is 0 Å². The van der Waals surface area contributed by atoms with Gasteiger partial charge in [-0.25, -0.2) is 13.8 Å². The van der Waals surface area contributed by atoms with Crippen LogP contribution in [0.4, 0.5) is 20.3 Å². The van der Waals surface area contributed by atoms with E-state index in [-0.39, 0.29) is 24.3 Å². The lowest BCUT2D eigenvalue weighted by Crippen LogP contribution is -2.37. The number of hydrogen-bond acceptors (Lipinski definition) is 5. The largest absolute Gasteiger partial charge is 0.393 e. The molecule has 2 aliphatic heterocycles. The first-order valence-corrected chi connectivity index (χ1v) is 12.5. The second-order valence-electron chi connectivity index (χ2n) is 10.0. The van der Waals surface area contributed by atoms with Crippen molar-refractivity contribution in [1.29, 1.82) is 0 Å². The average Bonchev–Trinajstić information content (AvgIpc) is 3.29. The van der Waals surface area contributed by atoms with E-state index in [1.54, 1.807) is 6.20 Å². The maximum atomic E-state index is 15.0. The molecule has 3 heterocycles. The summed E-state index contributed by atoms with van der Waals surface area (Å²) < 4.78 is 28.7. The second-order valence-corrected chi connectivity index (χ2v) is 10.0. The van der Waals surface area contributed by atoms with Crippen molar-refractivity contribution in [1.82, 2.24) is 4.98 Å². The normalized spacial score (nSPS) is 20.1. The van der Waals surface area contributed by atoms with Crippen molar-refractivity contribution in [2.24, 2.45) is 5.92 Å². The molecular formula is C29H32ClF2N3O2. The van der Waals surface area contributed by atoms with E-state index in [1.807, 2.05) is 49.1 Å². The Labute approximate surface area is 222 Å². The van der Waals surface area contributed by atoms with Gasteiger partial charge in [0.15, 0.2) is 5.78 Å². The summed E-state index contributed by atoms with van der Waals surface area (Å²) in [4.78, 5) is 23.0. The zero-order valence-electron chi connectivity index (χ0n) is 21.0. The van der Waals surface area contributed by atoms with Gasteiger partial charge in [0.05, 0.1) is 6.10 Å². The molecule has 2 atom stereocenters. The van der Waals surface area contributed by atoms with Crippen LogP contribution in [-0.4, -0.2) is 48.2 Å². The Morgan fingerprint density at radius 3 is 2.43 bits per heavy atom. The first kappa shape index (κ1) is 27.0. The molecule has 37 heavy (non-hydrogen) atoms. The summed E-state index contributed by atoms with van der Waals surface area (Å²) in [6.45, 7) is 6.10. The van der Waals surface area contributed by atoms with E-state index in [2.05, 4.69) is 9.88 Å². The third kappa shape index (κ3) is 5.48. The summed E-state index contributed by atoms with van der Waals surface area (Å²) in [5.74, 6) is -1.56. The zero-order valence-corrected chi connectivity index (χ0v) is 21.8. The number of anilines is 2. The molecule has 1 aromatic heterocycles. The number of carbonyl (C=O) groups excluding carboxylic acids is 1. The predicted molar refractivity (Wildman–Crippen MR) is 144 cm³/mol. The minimum atomic E-state index is -0.636. The van der Waals surface area contributed by atoms with Crippen LogP contribution in [0.1, 0.15) is 45.8 Å². The smallest absolute Gasteiger partial charge is 0.170 e. The number of rotatable bonds is 5. The number of aliphatic hydroxyl groups excluding tert-OH is 1. The van der Waals surface area contributed by atoms with Gasteiger partial charge < -0.3 is 14.9 Å². The molecule has 2 aromatic carbocycles. The van der Waals surface area contributed by atoms with Gasteiger partial charge in [-0.15, -0.1) is 12.4 Å². The highest BCUT2D eigenvalue weighted by Gasteiger charge is 2.42. The van der Waals surface area contributed by atoms with Crippen molar-refractivity contribution in [3.05, 3.63) is 88.6 Å². The van der Waals surface area contributed by atoms with Crippen LogP contribution in [0, 0.1) is 31.4 Å². The Bertz CT molecular complexity index is 1270. The minimum absolute atomic E-state index is 0. The van der Waals surface area contributed by atoms with Gasteiger partial charge in [-0.2, -0.15) is 0 Å². The van der Waals surface area contributed by atoms with Gasteiger partial charge in [0.2, 0.25) is 0 Å². The van der Waals surface area contributed by atoms with Crippen LogP contribution in [-0.2, 0) is 0 Å². The molecule has 0 radical (unpaired) electrons. The number of pyridine rings is 1. The van der Waals surface area contributed by atoms with Gasteiger partial charge in [0.1, 0.15) is 17.5 Å². The number of ketones is 1. The third-order valence-electron chi connectivity index (χ3n) is 7.50. The minimum Gasteiger partial charge on any atom is -0.393 e. The number of aliphatic hydroxyl groups is 1. The molecule has 0 spiro atoms. The van der Waals surface area contributed by atoms with Crippen molar-refractivity contribution in [2.75, 3.05) is 36.0 Å². The zero-order chi connectivity index (χ0) is 25.4. The van der Waals surface area contributed by atoms with Crippen molar-refractivity contribution in [3.8, 4) is 0 Å². The number of benzene rings is 2. The summed E-state index contributed by atoms with van der Waals surface area (Å²) in [5, 5.41) is 10.0. The number of aryl methyl sites for hydroxylation is 2. The van der Waals surface area contributed by atoms with Crippen molar-refractivity contribution in [3.63, 3.8) is 0 Å². The first-order valence-electron chi connectivity index (χ1n) is 12.5. The molecule has 0 saturated carbocycles. The molecule has 196 valence electrons. The fraction of sp³-hybridized carbons (Fsp3) is 0.379. The van der Waals surface area contributed by atoms with Crippen LogP contribution < -0.4 is 9.80 Å². The van der Waals surface area contributed by atoms with Gasteiger partial charge in [0, 0.05) is 61.5 Å². The molecular weight excluding hydrogens is 496 g/mol. The van der Waals surface area contributed by atoms with Crippen LogP contribution in [0.3, 0.4) is 0 Å². The highest BCUT2D eigenvalue weighted by Crippen LogP contribution is 2.40. The standard InChI is InChI=1S/C29H31F2N3O2.ClH/c1-18-13-19(2)28(26(14-18)33-11-8-21(35)9-12-33)29(36)24-17-34(27-5-3-4-10-32-27)16-23(24)22-7-6-20(30)15-25(22)31;/h3-7,10,13-15,21,23-24,35H,8-9,11-12,16-17H2,1-2H3;1H/t23-,24+;/m0./s1. The lowest BCUT2D eigenvalue weighted by molar-refractivity contribution is 0.0920. The summed E-state index contributed by atoms with van der Waals surface area (Å²) in [5.41, 5.74) is 3.82. The van der Waals surface area contributed by atoms with E-state index in [0.29, 0.717) is 50.1 Å².